The van der Waals surface area contributed by atoms with Crippen molar-refractivity contribution >= 4 is 12.0 Å². The van der Waals surface area contributed by atoms with Crippen molar-refractivity contribution in [2.45, 2.75) is 97.1 Å². The van der Waals surface area contributed by atoms with Crippen molar-refractivity contribution in [1.29, 1.82) is 0 Å². The SMILES string of the molecule is CCCCCCCCCCCCCCOc1ccc(COC(=O)N(Cc2cc[n+](C)cc2)C(=O)c2ccccc2OC)cc1OC.[I-]. The molecule has 0 saturated carbocycles. The Morgan fingerprint density at radius 2 is 1.30 bits per heavy atom. The number of aryl methyl sites for hydroxylation is 1. The van der Waals surface area contributed by atoms with Crippen LogP contribution in [-0.4, -0.2) is 37.7 Å². The van der Waals surface area contributed by atoms with Gasteiger partial charge in [-0.15, -0.1) is 0 Å². The molecule has 2 amide bonds. The fourth-order valence-corrected chi connectivity index (χ4v) is 5.28. The van der Waals surface area contributed by atoms with Crippen molar-refractivity contribution in [3.05, 3.63) is 83.7 Å². The molecule has 0 N–H and O–H groups in total. The average Bonchev–Trinajstić information content (AvgIpc) is 3.08. The fraction of sp³-hybridized carbons (Fsp3) is 0.500. The first-order valence-corrected chi connectivity index (χ1v) is 16.8. The van der Waals surface area contributed by atoms with E-state index in [4.69, 9.17) is 18.9 Å². The Morgan fingerprint density at radius 1 is 0.702 bits per heavy atom. The molecule has 258 valence electrons. The lowest BCUT2D eigenvalue weighted by Gasteiger charge is -2.21. The number of nitrogens with zero attached hydrogens (tertiary/aromatic N) is 2. The van der Waals surface area contributed by atoms with Crippen LogP contribution in [0.15, 0.2) is 67.0 Å². The minimum atomic E-state index is -0.754. The maximum Gasteiger partial charge on any atom is 0.417 e. The third-order valence-corrected chi connectivity index (χ3v) is 8.04. The Morgan fingerprint density at radius 3 is 1.91 bits per heavy atom. The van der Waals surface area contributed by atoms with Crippen molar-refractivity contribution in [3.63, 3.8) is 0 Å². The van der Waals surface area contributed by atoms with Gasteiger partial charge in [-0.05, 0) is 41.8 Å². The summed E-state index contributed by atoms with van der Waals surface area (Å²) in [5.74, 6) is 1.11. The summed E-state index contributed by atoms with van der Waals surface area (Å²) in [5.41, 5.74) is 1.79. The first kappa shape index (κ1) is 39.8. The molecule has 1 heterocycles. The maximum atomic E-state index is 13.6. The Labute approximate surface area is 298 Å². The standard InChI is InChI=1S/C38H53N2O6.HI/c1-5-6-7-8-9-10-11-12-13-14-15-18-27-45-35-22-21-32(28-36(35)44-4)30-46-38(42)40(29-31-23-25-39(2)26-24-31)37(41)33-19-16-17-20-34(33)43-3;/h16-17,19-26,28H,5-15,18,27,29-30H2,1-4H3;1H/q+1;/p-1. The maximum absolute atomic E-state index is 13.6. The van der Waals surface area contributed by atoms with Crippen LogP contribution in [0.3, 0.4) is 0 Å². The molecule has 47 heavy (non-hydrogen) atoms. The molecule has 2 aromatic carbocycles. The van der Waals surface area contributed by atoms with Gasteiger partial charge in [0.25, 0.3) is 5.91 Å². The van der Waals surface area contributed by atoms with Crippen LogP contribution in [0.2, 0.25) is 0 Å². The van der Waals surface area contributed by atoms with Gasteiger partial charge in [-0.25, -0.2) is 14.3 Å². The summed E-state index contributed by atoms with van der Waals surface area (Å²) in [7, 11) is 4.99. The molecule has 3 aromatic rings. The van der Waals surface area contributed by atoms with Gasteiger partial charge in [-0.1, -0.05) is 95.8 Å². The lowest BCUT2D eigenvalue weighted by molar-refractivity contribution is -0.671. The number of carbonyl (C=O) groups excluding carboxylic acids is 2. The van der Waals surface area contributed by atoms with Gasteiger partial charge in [0.15, 0.2) is 23.9 Å². The highest BCUT2D eigenvalue weighted by molar-refractivity contribution is 6.04. The van der Waals surface area contributed by atoms with Gasteiger partial charge in [0.2, 0.25) is 0 Å². The molecule has 0 radical (unpaired) electrons. The first-order valence-electron chi connectivity index (χ1n) is 16.8. The van der Waals surface area contributed by atoms with E-state index in [9.17, 15) is 9.59 Å². The van der Waals surface area contributed by atoms with E-state index >= 15 is 0 Å². The van der Waals surface area contributed by atoms with Crippen molar-refractivity contribution in [2.24, 2.45) is 7.05 Å². The Kier molecular flexibility index (Phi) is 19.5. The number of aromatic nitrogens is 1. The number of pyridine rings is 1. The van der Waals surface area contributed by atoms with E-state index < -0.39 is 12.0 Å². The molecule has 0 aliphatic carbocycles. The molecule has 9 heteroatoms. The summed E-state index contributed by atoms with van der Waals surface area (Å²) in [5, 5.41) is 0. The second-order valence-corrected chi connectivity index (χ2v) is 11.7. The van der Waals surface area contributed by atoms with Crippen LogP contribution < -0.4 is 42.8 Å². The van der Waals surface area contributed by atoms with E-state index in [-0.39, 0.29) is 42.7 Å². The molecule has 0 aliphatic heterocycles. The van der Waals surface area contributed by atoms with Gasteiger partial charge < -0.3 is 42.9 Å². The molecule has 0 aliphatic rings. The number of rotatable bonds is 21. The number of methoxy groups -OCH3 is 2. The quantitative estimate of drug-likeness (QED) is 0.0801. The number of unbranched alkanes of at least 4 members (excludes halogenated alkanes) is 11. The second kappa shape index (κ2) is 23.1. The number of hydrogen-bond acceptors (Lipinski definition) is 6. The van der Waals surface area contributed by atoms with Crippen LogP contribution in [0.1, 0.15) is 105 Å². The van der Waals surface area contributed by atoms with Crippen LogP contribution in [-0.2, 0) is 24.9 Å². The monoisotopic (exact) mass is 760 g/mol. The van der Waals surface area contributed by atoms with Crippen LogP contribution in [0.5, 0.6) is 17.2 Å². The third-order valence-electron chi connectivity index (χ3n) is 8.04. The highest BCUT2D eigenvalue weighted by atomic mass is 127. The van der Waals surface area contributed by atoms with Gasteiger partial charge >= 0.3 is 6.09 Å². The van der Waals surface area contributed by atoms with Crippen molar-refractivity contribution in [3.8, 4) is 17.2 Å². The highest BCUT2D eigenvalue weighted by Gasteiger charge is 2.27. The minimum absolute atomic E-state index is 0. The average molecular weight is 761 g/mol. The zero-order chi connectivity index (χ0) is 33.0. The lowest BCUT2D eigenvalue weighted by atomic mass is 10.1. The Hall–Kier alpha value is -3.34. The fourth-order valence-electron chi connectivity index (χ4n) is 5.28. The Bertz CT molecular complexity index is 1330. The molecule has 0 atom stereocenters. The van der Waals surface area contributed by atoms with Crippen molar-refractivity contribution < 1.29 is 57.1 Å². The largest absolute Gasteiger partial charge is 1.00 e. The number of carbonyl (C=O) groups is 2. The number of halogens is 1. The molecule has 0 fully saturated rings. The smallest absolute Gasteiger partial charge is 0.417 e. The van der Waals surface area contributed by atoms with Crippen LogP contribution >= 0.6 is 0 Å². The predicted octanol–water partition coefficient (Wildman–Crippen LogP) is 5.59. The van der Waals surface area contributed by atoms with Gasteiger partial charge in [0.1, 0.15) is 19.4 Å². The number of imide groups is 1. The van der Waals surface area contributed by atoms with Crippen LogP contribution in [0.4, 0.5) is 4.79 Å². The van der Waals surface area contributed by atoms with Gasteiger partial charge in [-0.2, -0.15) is 0 Å². The molecule has 0 unspecified atom stereocenters. The van der Waals surface area contributed by atoms with Gasteiger partial charge in [0.05, 0.1) is 32.9 Å². The number of para-hydroxylation sites is 1. The molecule has 3 rings (SSSR count). The summed E-state index contributed by atoms with van der Waals surface area (Å²) in [4.78, 5) is 28.0. The molecule has 0 saturated heterocycles. The van der Waals surface area contributed by atoms with E-state index in [1.807, 2.05) is 48.3 Å². The van der Waals surface area contributed by atoms with E-state index in [1.54, 1.807) is 37.4 Å². The summed E-state index contributed by atoms with van der Waals surface area (Å²) in [6, 6.07) is 16.0. The molecule has 1 aromatic heterocycles. The van der Waals surface area contributed by atoms with Crippen molar-refractivity contribution in [2.75, 3.05) is 20.8 Å². The van der Waals surface area contributed by atoms with E-state index in [0.717, 1.165) is 28.9 Å². The number of benzene rings is 2. The third kappa shape index (κ3) is 14.1. The number of hydrogen-bond donors (Lipinski definition) is 0. The summed E-state index contributed by atoms with van der Waals surface area (Å²) in [6.07, 6.45) is 18.5. The number of amides is 2. The molecular formula is C38H53IN2O6. The lowest BCUT2D eigenvalue weighted by Crippen LogP contribution is -3.00. The van der Waals surface area contributed by atoms with Crippen LogP contribution in [0.25, 0.3) is 0 Å². The topological polar surface area (TPSA) is 78.2 Å². The molecular weight excluding hydrogens is 707 g/mol. The van der Waals surface area contributed by atoms with Crippen LogP contribution in [0, 0.1) is 0 Å². The second-order valence-electron chi connectivity index (χ2n) is 11.7. The zero-order valence-electron chi connectivity index (χ0n) is 28.7. The summed E-state index contributed by atoms with van der Waals surface area (Å²) >= 11 is 0. The first-order chi connectivity index (χ1) is 22.5. The van der Waals surface area contributed by atoms with Gasteiger partial charge in [-0.3, -0.25) is 4.79 Å². The van der Waals surface area contributed by atoms with Gasteiger partial charge in [0, 0.05) is 12.1 Å². The van der Waals surface area contributed by atoms with E-state index in [2.05, 4.69) is 6.92 Å². The highest BCUT2D eigenvalue weighted by Crippen LogP contribution is 2.29. The van der Waals surface area contributed by atoms with E-state index in [0.29, 0.717) is 23.9 Å². The van der Waals surface area contributed by atoms with E-state index in [1.165, 1.54) is 71.3 Å². The Balaban J connectivity index is 0.00000768. The number of ether oxygens (including phenoxy) is 4. The predicted molar refractivity (Wildman–Crippen MR) is 180 cm³/mol. The van der Waals surface area contributed by atoms with Crippen molar-refractivity contribution in [1.82, 2.24) is 4.90 Å². The zero-order valence-corrected chi connectivity index (χ0v) is 30.8. The molecule has 0 bridgehead atoms. The normalized spacial score (nSPS) is 10.6. The molecule has 0 spiro atoms. The summed E-state index contributed by atoms with van der Waals surface area (Å²) in [6.45, 7) is 2.90. The molecule has 8 nitrogen and oxygen atoms in total. The summed E-state index contributed by atoms with van der Waals surface area (Å²) < 4.78 is 24.5. The minimum Gasteiger partial charge on any atom is -1.00 e.